The summed E-state index contributed by atoms with van der Waals surface area (Å²) in [6.45, 7) is 3.81. The molecule has 0 aliphatic carbocycles. The Hall–Kier alpha value is -1.42. The van der Waals surface area contributed by atoms with Gasteiger partial charge >= 0.3 is 0 Å². The highest BCUT2D eigenvalue weighted by Gasteiger charge is 2.30. The van der Waals surface area contributed by atoms with Crippen molar-refractivity contribution < 1.29 is 9.18 Å². The van der Waals surface area contributed by atoms with Crippen LogP contribution in [-0.2, 0) is 0 Å². The van der Waals surface area contributed by atoms with Gasteiger partial charge in [0.1, 0.15) is 5.82 Å². The molecule has 0 aromatic heterocycles. The maximum Gasteiger partial charge on any atom is 0.254 e. The highest BCUT2D eigenvalue weighted by molar-refractivity contribution is 5.94. The van der Waals surface area contributed by atoms with Crippen LogP contribution in [0.5, 0.6) is 0 Å². The van der Waals surface area contributed by atoms with E-state index in [4.69, 9.17) is 0 Å². The third-order valence-corrected chi connectivity index (χ3v) is 4.16. The fourth-order valence-corrected chi connectivity index (χ4v) is 3.20. The summed E-state index contributed by atoms with van der Waals surface area (Å²) in [6.07, 6.45) is 3.41. The lowest BCUT2D eigenvalue weighted by Gasteiger charge is -2.25. The van der Waals surface area contributed by atoms with Gasteiger partial charge in [-0.1, -0.05) is 6.07 Å². The molecule has 19 heavy (non-hydrogen) atoms. The van der Waals surface area contributed by atoms with Gasteiger partial charge in [-0.2, -0.15) is 0 Å². The predicted molar refractivity (Wildman–Crippen MR) is 71.5 cm³/mol. The van der Waals surface area contributed by atoms with E-state index in [1.165, 1.54) is 25.0 Å². The van der Waals surface area contributed by atoms with Crippen LogP contribution in [-0.4, -0.2) is 47.9 Å². The standard InChI is InChI=1S/C15H19FN2O/c16-13-5-1-4-12(10-13)15(19)18-9-3-8-17-7-2-6-14(17)11-18/h1,4-5,10,14H,2-3,6-9,11H2. The molecule has 1 atom stereocenters. The molecule has 0 saturated carbocycles. The minimum atomic E-state index is -0.344. The molecule has 1 aromatic rings. The second-order valence-electron chi connectivity index (χ2n) is 5.45. The molecule has 0 bridgehead atoms. The molecular formula is C15H19FN2O. The second kappa shape index (κ2) is 5.29. The van der Waals surface area contributed by atoms with Crippen molar-refractivity contribution in [2.45, 2.75) is 25.3 Å². The van der Waals surface area contributed by atoms with Crippen LogP contribution >= 0.6 is 0 Å². The van der Waals surface area contributed by atoms with Crippen molar-refractivity contribution in [1.29, 1.82) is 0 Å². The summed E-state index contributed by atoms with van der Waals surface area (Å²) in [6, 6.07) is 6.50. The summed E-state index contributed by atoms with van der Waals surface area (Å²) in [5.74, 6) is -0.378. The number of hydrogen-bond acceptors (Lipinski definition) is 2. The van der Waals surface area contributed by atoms with E-state index in [1.54, 1.807) is 12.1 Å². The normalized spacial score (nSPS) is 24.1. The molecule has 2 aliphatic rings. The highest BCUT2D eigenvalue weighted by atomic mass is 19.1. The van der Waals surface area contributed by atoms with E-state index < -0.39 is 0 Å². The quantitative estimate of drug-likeness (QED) is 0.774. The molecule has 2 saturated heterocycles. The van der Waals surface area contributed by atoms with Crippen LogP contribution in [0.1, 0.15) is 29.6 Å². The lowest BCUT2D eigenvalue weighted by Crippen LogP contribution is -2.39. The molecule has 0 N–H and O–H groups in total. The largest absolute Gasteiger partial charge is 0.337 e. The van der Waals surface area contributed by atoms with Crippen molar-refractivity contribution >= 4 is 5.91 Å². The molecular weight excluding hydrogens is 243 g/mol. The van der Waals surface area contributed by atoms with Crippen molar-refractivity contribution in [2.24, 2.45) is 0 Å². The van der Waals surface area contributed by atoms with Gasteiger partial charge in [-0.3, -0.25) is 9.69 Å². The van der Waals surface area contributed by atoms with Crippen molar-refractivity contribution in [3.05, 3.63) is 35.6 Å². The summed E-state index contributed by atoms with van der Waals surface area (Å²) in [7, 11) is 0. The third kappa shape index (κ3) is 2.63. The molecule has 2 heterocycles. The summed E-state index contributed by atoms with van der Waals surface area (Å²) in [4.78, 5) is 16.8. The maximum atomic E-state index is 13.2. The predicted octanol–water partition coefficient (Wildman–Crippen LogP) is 2.14. The van der Waals surface area contributed by atoms with E-state index in [2.05, 4.69) is 4.90 Å². The minimum absolute atomic E-state index is 0.0340. The van der Waals surface area contributed by atoms with E-state index in [9.17, 15) is 9.18 Å². The zero-order valence-corrected chi connectivity index (χ0v) is 11.0. The van der Waals surface area contributed by atoms with E-state index >= 15 is 0 Å². The van der Waals surface area contributed by atoms with Crippen LogP contribution in [0.25, 0.3) is 0 Å². The number of nitrogens with zero attached hydrogens (tertiary/aromatic N) is 2. The van der Waals surface area contributed by atoms with Gasteiger partial charge in [0.05, 0.1) is 0 Å². The number of rotatable bonds is 1. The highest BCUT2D eigenvalue weighted by Crippen LogP contribution is 2.22. The zero-order valence-electron chi connectivity index (χ0n) is 11.0. The number of carbonyl (C=O) groups excluding carboxylic acids is 1. The van der Waals surface area contributed by atoms with Gasteiger partial charge in [0.2, 0.25) is 0 Å². The van der Waals surface area contributed by atoms with Crippen LogP contribution in [0.3, 0.4) is 0 Å². The molecule has 4 heteroatoms. The topological polar surface area (TPSA) is 23.6 Å². The molecule has 2 aliphatic heterocycles. The Morgan fingerprint density at radius 2 is 2.05 bits per heavy atom. The van der Waals surface area contributed by atoms with Gasteiger partial charge in [0.15, 0.2) is 0 Å². The Morgan fingerprint density at radius 1 is 1.21 bits per heavy atom. The summed E-state index contributed by atoms with van der Waals surface area (Å²) < 4.78 is 13.2. The van der Waals surface area contributed by atoms with Gasteiger partial charge in [-0.05, 0) is 44.0 Å². The Bertz CT molecular complexity index is 477. The van der Waals surface area contributed by atoms with Gasteiger partial charge in [0, 0.05) is 31.2 Å². The van der Waals surface area contributed by atoms with Gasteiger partial charge < -0.3 is 4.90 Å². The number of hydrogen-bond donors (Lipinski definition) is 0. The van der Waals surface area contributed by atoms with Crippen LogP contribution in [0, 0.1) is 5.82 Å². The average molecular weight is 262 g/mol. The molecule has 102 valence electrons. The van der Waals surface area contributed by atoms with Crippen molar-refractivity contribution in [3.63, 3.8) is 0 Å². The smallest absolute Gasteiger partial charge is 0.254 e. The number of carbonyl (C=O) groups is 1. The number of amides is 1. The van der Waals surface area contributed by atoms with E-state index in [0.717, 1.165) is 32.6 Å². The summed E-state index contributed by atoms with van der Waals surface area (Å²) in [5.41, 5.74) is 0.464. The average Bonchev–Trinajstić information content (AvgIpc) is 2.75. The molecule has 0 radical (unpaired) electrons. The molecule has 2 fully saturated rings. The van der Waals surface area contributed by atoms with E-state index in [0.29, 0.717) is 11.6 Å². The van der Waals surface area contributed by atoms with Crippen molar-refractivity contribution in [3.8, 4) is 0 Å². The van der Waals surface area contributed by atoms with Gasteiger partial charge in [-0.15, -0.1) is 0 Å². The van der Waals surface area contributed by atoms with Crippen LogP contribution in [0.4, 0.5) is 4.39 Å². The third-order valence-electron chi connectivity index (χ3n) is 4.16. The first-order chi connectivity index (χ1) is 9.24. The fourth-order valence-electron chi connectivity index (χ4n) is 3.20. The van der Waals surface area contributed by atoms with E-state index in [-0.39, 0.29) is 11.7 Å². The Balaban J connectivity index is 1.75. The fraction of sp³-hybridized carbons (Fsp3) is 0.533. The second-order valence-corrected chi connectivity index (χ2v) is 5.45. The summed E-state index contributed by atoms with van der Waals surface area (Å²) >= 11 is 0. The Morgan fingerprint density at radius 3 is 2.89 bits per heavy atom. The Kier molecular flexibility index (Phi) is 3.51. The van der Waals surface area contributed by atoms with Crippen molar-refractivity contribution in [1.82, 2.24) is 9.80 Å². The first kappa shape index (κ1) is 12.6. The number of benzene rings is 1. The summed E-state index contributed by atoms with van der Waals surface area (Å²) in [5, 5.41) is 0. The van der Waals surface area contributed by atoms with Crippen LogP contribution < -0.4 is 0 Å². The first-order valence-electron chi connectivity index (χ1n) is 7.03. The van der Waals surface area contributed by atoms with Gasteiger partial charge in [-0.25, -0.2) is 4.39 Å². The molecule has 0 spiro atoms. The van der Waals surface area contributed by atoms with E-state index in [1.807, 2.05) is 4.90 Å². The number of fused-ring (bicyclic) bond motifs is 1. The molecule has 1 aromatic carbocycles. The SMILES string of the molecule is O=C(c1cccc(F)c1)N1CCCN2CCCC2C1. The monoisotopic (exact) mass is 262 g/mol. The lowest BCUT2D eigenvalue weighted by atomic mass is 10.1. The molecule has 3 rings (SSSR count). The minimum Gasteiger partial charge on any atom is -0.337 e. The first-order valence-corrected chi connectivity index (χ1v) is 7.03. The zero-order chi connectivity index (χ0) is 13.2. The number of halogens is 1. The molecule has 1 unspecified atom stereocenters. The van der Waals surface area contributed by atoms with Crippen molar-refractivity contribution in [2.75, 3.05) is 26.2 Å². The molecule has 3 nitrogen and oxygen atoms in total. The lowest BCUT2D eigenvalue weighted by molar-refractivity contribution is 0.0743. The van der Waals surface area contributed by atoms with Crippen LogP contribution in [0.15, 0.2) is 24.3 Å². The molecule has 1 amide bonds. The Labute approximate surface area is 113 Å². The maximum absolute atomic E-state index is 13.2. The van der Waals surface area contributed by atoms with Gasteiger partial charge in [0.25, 0.3) is 5.91 Å². The van der Waals surface area contributed by atoms with Crippen LogP contribution in [0.2, 0.25) is 0 Å².